The molecule has 0 radical (unpaired) electrons. The van der Waals surface area contributed by atoms with Crippen molar-refractivity contribution in [1.29, 1.82) is 0 Å². The Morgan fingerprint density at radius 1 is 0.864 bits per heavy atom. The van der Waals surface area contributed by atoms with Gasteiger partial charge in [-0.3, -0.25) is 33.6 Å². The van der Waals surface area contributed by atoms with Crippen LogP contribution in [0, 0.1) is 33.5 Å². The maximum absolute atomic E-state index is 15.3. The Morgan fingerprint density at radius 2 is 1.53 bits per heavy atom. The van der Waals surface area contributed by atoms with Crippen LogP contribution in [-0.2, 0) is 24.0 Å². The minimum Gasteiger partial charge on any atom is -0.343 e. The molecule has 2 spiro atoms. The highest BCUT2D eigenvalue weighted by Crippen LogP contribution is 2.88. The molecule has 6 fully saturated rings. The largest absolute Gasteiger partial charge is 0.343 e. The predicted molar refractivity (Wildman–Crippen MR) is 234 cm³/mol. The maximum Gasteiger partial charge on any atom is 0.257 e. The highest BCUT2D eigenvalue weighted by atomic mass is 32.2. The second-order valence-electron chi connectivity index (χ2n) is 21.2. The first-order valence-corrected chi connectivity index (χ1v) is 23.8. The van der Waals surface area contributed by atoms with E-state index in [-0.39, 0.29) is 75.7 Å². The number of carbonyl (C=O) groups excluding carboxylic acids is 5. The molecule has 2 saturated heterocycles. The Labute approximate surface area is 359 Å². The third-order valence-electron chi connectivity index (χ3n) is 16.2. The second-order valence-corrected chi connectivity index (χ2v) is 22.1. The van der Waals surface area contributed by atoms with Gasteiger partial charge in [-0.15, -0.1) is 6.58 Å². The van der Waals surface area contributed by atoms with E-state index >= 15 is 4.79 Å². The zero-order chi connectivity index (χ0) is 43.3. The Bertz CT molecular complexity index is 1620. The summed E-state index contributed by atoms with van der Waals surface area (Å²) in [6, 6.07) is -2.39. The summed E-state index contributed by atoms with van der Waals surface area (Å²) in [7, 11) is 0. The fourth-order valence-electron chi connectivity index (χ4n) is 12.1. The van der Waals surface area contributed by atoms with Gasteiger partial charge in [-0.2, -0.15) is 0 Å². The highest BCUT2D eigenvalue weighted by Gasteiger charge is 2.85. The summed E-state index contributed by atoms with van der Waals surface area (Å²) in [4.78, 5) is 76.9. The van der Waals surface area contributed by atoms with E-state index in [0.29, 0.717) is 19.4 Å². The quantitative estimate of drug-likeness (QED) is 0.114. The van der Waals surface area contributed by atoms with E-state index in [2.05, 4.69) is 78.0 Å². The second kappa shape index (κ2) is 17.3. The number of amides is 5. The Morgan fingerprint density at radius 3 is 2.05 bits per heavy atom. The van der Waals surface area contributed by atoms with E-state index in [9.17, 15) is 19.2 Å². The number of nitrogens with one attached hydrogen (secondary N) is 4. The number of piperidine rings is 1. The summed E-state index contributed by atoms with van der Waals surface area (Å²) in [6.07, 6.45) is 13.5. The van der Waals surface area contributed by atoms with E-state index < -0.39 is 29.1 Å². The van der Waals surface area contributed by atoms with Gasteiger partial charge in [0.05, 0.1) is 6.04 Å². The topological polar surface area (TPSA) is 143 Å². The molecule has 0 aromatic heterocycles. The van der Waals surface area contributed by atoms with Crippen LogP contribution in [0.25, 0.3) is 0 Å². The van der Waals surface area contributed by atoms with Gasteiger partial charge in [0, 0.05) is 48.6 Å². The lowest BCUT2D eigenvalue weighted by Gasteiger charge is -2.40. The van der Waals surface area contributed by atoms with Crippen molar-refractivity contribution in [3.63, 3.8) is 0 Å². The molecule has 332 valence electrons. The first-order chi connectivity index (χ1) is 27.7. The molecular formula is C46H77N7O5S. The van der Waals surface area contributed by atoms with Crippen molar-refractivity contribution in [2.75, 3.05) is 19.6 Å². The molecule has 4 saturated carbocycles. The SMILES string of the molecule is C=CC1CC1(NC(=O)C1CC2(CN1C(=O)C(NC(=O)C(NC(=O)C1CCCCN1C(C)C)C1CCCCC1)C(C)(C)C)C(C)(C)C21CCC1)C(=O)NSN(CC)C(C)C. The van der Waals surface area contributed by atoms with E-state index in [1.54, 1.807) is 11.0 Å². The molecule has 4 aliphatic carbocycles. The van der Waals surface area contributed by atoms with Crippen LogP contribution in [0.2, 0.25) is 0 Å². The maximum atomic E-state index is 15.3. The number of fused-ring (bicyclic) bond motifs is 1. The van der Waals surface area contributed by atoms with Gasteiger partial charge in [-0.1, -0.05) is 79.7 Å². The minimum atomic E-state index is -1.15. The van der Waals surface area contributed by atoms with Gasteiger partial charge in [0.1, 0.15) is 23.7 Å². The molecule has 0 bridgehead atoms. The van der Waals surface area contributed by atoms with Crippen molar-refractivity contribution < 1.29 is 24.0 Å². The van der Waals surface area contributed by atoms with Crippen molar-refractivity contribution in [2.24, 2.45) is 33.5 Å². The van der Waals surface area contributed by atoms with E-state index in [1.807, 2.05) is 27.7 Å². The fraction of sp³-hybridized carbons (Fsp3) is 0.848. The Kier molecular flexibility index (Phi) is 13.4. The van der Waals surface area contributed by atoms with E-state index in [0.717, 1.165) is 83.7 Å². The average molecular weight is 840 g/mol. The molecule has 4 N–H and O–H groups in total. The van der Waals surface area contributed by atoms with Crippen LogP contribution in [0.4, 0.5) is 0 Å². The third kappa shape index (κ3) is 8.23. The first-order valence-electron chi connectivity index (χ1n) is 23.1. The van der Waals surface area contributed by atoms with Crippen molar-refractivity contribution in [3.8, 4) is 0 Å². The van der Waals surface area contributed by atoms with Crippen LogP contribution in [-0.4, -0.2) is 105 Å². The van der Waals surface area contributed by atoms with E-state index in [4.69, 9.17) is 0 Å². The van der Waals surface area contributed by atoms with Gasteiger partial charge in [0.2, 0.25) is 23.6 Å². The summed E-state index contributed by atoms with van der Waals surface area (Å²) >= 11 is 1.25. The van der Waals surface area contributed by atoms with Crippen molar-refractivity contribution >= 4 is 41.7 Å². The molecule has 12 nitrogen and oxygen atoms in total. The summed E-state index contributed by atoms with van der Waals surface area (Å²) < 4.78 is 5.07. The molecule has 2 aliphatic heterocycles. The number of nitrogens with zero attached hydrogens (tertiary/aromatic N) is 3. The minimum absolute atomic E-state index is 0.0272. The number of rotatable bonds is 15. The third-order valence-corrected chi connectivity index (χ3v) is 17.4. The molecule has 5 amide bonds. The van der Waals surface area contributed by atoms with Crippen LogP contribution in [0.5, 0.6) is 0 Å². The number of hydrogen-bond donors (Lipinski definition) is 4. The molecule has 7 unspecified atom stereocenters. The van der Waals surface area contributed by atoms with Gasteiger partial charge in [-0.25, -0.2) is 4.31 Å². The number of carbonyl (C=O) groups is 5. The van der Waals surface area contributed by atoms with Crippen molar-refractivity contribution in [3.05, 3.63) is 12.7 Å². The molecule has 6 rings (SSSR count). The van der Waals surface area contributed by atoms with Crippen LogP contribution in [0.3, 0.4) is 0 Å². The molecule has 6 aliphatic rings. The van der Waals surface area contributed by atoms with Crippen LogP contribution < -0.4 is 20.7 Å². The lowest BCUT2D eigenvalue weighted by Crippen LogP contribution is -2.63. The summed E-state index contributed by atoms with van der Waals surface area (Å²) in [5.74, 6) is -1.58. The van der Waals surface area contributed by atoms with E-state index in [1.165, 1.54) is 12.1 Å². The lowest BCUT2D eigenvalue weighted by atomic mass is 9.73. The Balaban J connectivity index is 1.26. The first kappa shape index (κ1) is 45.9. The average Bonchev–Trinajstić information content (AvgIpc) is 3.90. The zero-order valence-corrected chi connectivity index (χ0v) is 38.8. The fourth-order valence-corrected chi connectivity index (χ4v) is 12.9. The summed E-state index contributed by atoms with van der Waals surface area (Å²) in [6.45, 7) is 26.8. The van der Waals surface area contributed by atoms with Gasteiger partial charge in [0.15, 0.2) is 0 Å². The van der Waals surface area contributed by atoms with Crippen LogP contribution in [0.1, 0.15) is 153 Å². The van der Waals surface area contributed by atoms with Crippen molar-refractivity contribution in [1.82, 2.24) is 34.8 Å². The Hall–Kier alpha value is -2.64. The standard InChI is InChI=1S/C46H77N7O5S/c1-12-32-26-46(32,41(58)50-59-53(13-2)30(5)6)49-38(55)34-27-45(43(10,11)44(45)23-19-24-44)28-52(34)40(57)36(42(7,8)9)48-39(56)35(31-20-15-14-16-21-31)47-37(54)33-22-17-18-25-51(33)29(3)4/h12,29-36H,1,13-28H2,2-11H3,(H,47,54)(H,48,56)(H,49,55)(H,50,58). The predicted octanol–water partition coefficient (Wildman–Crippen LogP) is 6.11. The molecular weight excluding hydrogens is 763 g/mol. The van der Waals surface area contributed by atoms with Gasteiger partial charge >= 0.3 is 0 Å². The highest BCUT2D eigenvalue weighted by molar-refractivity contribution is 7.95. The lowest BCUT2D eigenvalue weighted by molar-refractivity contribution is -0.145. The van der Waals surface area contributed by atoms with Crippen LogP contribution in [0.15, 0.2) is 12.7 Å². The summed E-state index contributed by atoms with van der Waals surface area (Å²) in [5.41, 5.74) is -2.11. The van der Waals surface area contributed by atoms with Gasteiger partial charge in [0.25, 0.3) is 5.91 Å². The molecule has 13 heteroatoms. The molecule has 2 heterocycles. The van der Waals surface area contributed by atoms with Crippen LogP contribution >= 0.6 is 12.1 Å². The smallest absolute Gasteiger partial charge is 0.257 e. The number of hydrogen-bond acceptors (Lipinski definition) is 8. The molecule has 59 heavy (non-hydrogen) atoms. The monoisotopic (exact) mass is 840 g/mol. The molecule has 0 aromatic rings. The number of likely N-dealkylation sites (tertiary alicyclic amines) is 2. The van der Waals surface area contributed by atoms with Gasteiger partial charge < -0.3 is 20.9 Å². The van der Waals surface area contributed by atoms with Gasteiger partial charge in [-0.05, 0) is 108 Å². The molecule has 0 aromatic carbocycles. The summed E-state index contributed by atoms with van der Waals surface area (Å²) in [5, 5.41) is 9.63. The molecule has 7 atom stereocenters. The zero-order valence-electron chi connectivity index (χ0n) is 38.0. The normalized spacial score (nSPS) is 31.1. The van der Waals surface area contributed by atoms with Crippen molar-refractivity contribution in [2.45, 2.75) is 194 Å².